The number of rotatable bonds is 4. The van der Waals surface area contributed by atoms with E-state index in [-0.39, 0.29) is 11.7 Å². The van der Waals surface area contributed by atoms with E-state index in [2.05, 4.69) is 10.5 Å². The summed E-state index contributed by atoms with van der Waals surface area (Å²) in [5.74, 6) is 1.43. The number of phenols is 1. The number of methoxy groups -OCH3 is 1. The van der Waals surface area contributed by atoms with E-state index in [1.165, 1.54) is 6.21 Å². The first-order chi connectivity index (χ1) is 13.2. The van der Waals surface area contributed by atoms with Crippen molar-refractivity contribution in [1.82, 2.24) is 5.43 Å². The van der Waals surface area contributed by atoms with Gasteiger partial charge in [0.05, 0.1) is 13.3 Å². The van der Waals surface area contributed by atoms with Crippen molar-refractivity contribution in [2.24, 2.45) is 5.10 Å². The number of aromatic hydroxyl groups is 1. The van der Waals surface area contributed by atoms with Gasteiger partial charge in [-0.1, -0.05) is 0 Å². The molecule has 6 heteroatoms. The van der Waals surface area contributed by atoms with Gasteiger partial charge in [0, 0.05) is 28.5 Å². The zero-order valence-electron chi connectivity index (χ0n) is 15.0. The van der Waals surface area contributed by atoms with Gasteiger partial charge in [-0.05, 0) is 55.7 Å². The predicted molar refractivity (Wildman–Crippen MR) is 103 cm³/mol. The molecule has 1 aliphatic carbocycles. The highest BCUT2D eigenvalue weighted by molar-refractivity contribution is 6.03. The van der Waals surface area contributed by atoms with E-state index in [4.69, 9.17) is 9.15 Å². The third-order valence-electron chi connectivity index (χ3n) is 4.85. The lowest BCUT2D eigenvalue weighted by molar-refractivity contribution is 0.0955. The fourth-order valence-corrected chi connectivity index (χ4v) is 3.47. The molecule has 0 radical (unpaired) electrons. The Morgan fingerprint density at radius 2 is 1.96 bits per heavy atom. The molecule has 0 spiro atoms. The molecule has 2 N–H and O–H groups in total. The standard InChI is InChI=1S/C21H20N2O4/c1-26-14-8-6-13(7-9-14)21(25)23-22-12-16-17(24)10-11-19-20(16)15-4-2-3-5-18(15)27-19/h6-12,24H,2-5H2,1H3,(H,23,25)/b22-12+. The summed E-state index contributed by atoms with van der Waals surface area (Å²) in [5, 5.41) is 15.2. The molecule has 27 heavy (non-hydrogen) atoms. The number of benzene rings is 2. The molecule has 138 valence electrons. The number of aryl methyl sites for hydroxylation is 2. The third-order valence-corrected chi connectivity index (χ3v) is 4.85. The van der Waals surface area contributed by atoms with Crippen molar-refractivity contribution in [2.45, 2.75) is 25.7 Å². The highest BCUT2D eigenvalue weighted by Crippen LogP contribution is 2.36. The summed E-state index contributed by atoms with van der Waals surface area (Å²) in [5.41, 5.74) is 5.40. The SMILES string of the molecule is COc1ccc(C(=O)N/N=C/c2c(O)ccc3oc4c(c23)CCCC4)cc1. The number of furan rings is 1. The van der Waals surface area contributed by atoms with Crippen LogP contribution in [-0.2, 0) is 12.8 Å². The topological polar surface area (TPSA) is 84.1 Å². The summed E-state index contributed by atoms with van der Waals surface area (Å²) in [7, 11) is 1.57. The Morgan fingerprint density at radius 3 is 2.74 bits per heavy atom. The largest absolute Gasteiger partial charge is 0.507 e. The first kappa shape index (κ1) is 17.1. The number of nitrogens with one attached hydrogen (secondary N) is 1. The molecule has 1 aliphatic rings. The minimum Gasteiger partial charge on any atom is -0.507 e. The minimum atomic E-state index is -0.338. The van der Waals surface area contributed by atoms with Gasteiger partial charge in [0.1, 0.15) is 22.8 Å². The quantitative estimate of drug-likeness (QED) is 0.545. The fraction of sp³-hybridized carbons (Fsp3) is 0.238. The first-order valence-electron chi connectivity index (χ1n) is 8.91. The second-order valence-corrected chi connectivity index (χ2v) is 6.51. The average Bonchev–Trinajstić information content (AvgIpc) is 3.08. The fourth-order valence-electron chi connectivity index (χ4n) is 3.47. The molecular weight excluding hydrogens is 344 g/mol. The number of amides is 1. The van der Waals surface area contributed by atoms with E-state index in [1.807, 2.05) is 0 Å². The Balaban J connectivity index is 1.59. The summed E-state index contributed by atoms with van der Waals surface area (Å²) in [6.45, 7) is 0. The number of phenolic OH excluding ortho intramolecular Hbond substituents is 1. The van der Waals surface area contributed by atoms with Crippen LogP contribution in [0.2, 0.25) is 0 Å². The van der Waals surface area contributed by atoms with Gasteiger partial charge in [-0.15, -0.1) is 0 Å². The molecule has 0 unspecified atom stereocenters. The zero-order valence-corrected chi connectivity index (χ0v) is 15.0. The predicted octanol–water partition coefficient (Wildman–Crippen LogP) is 3.79. The summed E-state index contributed by atoms with van der Waals surface area (Å²) in [6.07, 6.45) is 5.52. The maximum absolute atomic E-state index is 12.2. The van der Waals surface area contributed by atoms with E-state index in [0.29, 0.717) is 16.9 Å². The van der Waals surface area contributed by atoms with Crippen molar-refractivity contribution in [3.8, 4) is 11.5 Å². The number of carbonyl (C=O) groups is 1. The van der Waals surface area contributed by atoms with Crippen molar-refractivity contribution in [1.29, 1.82) is 0 Å². The molecule has 4 rings (SSSR count). The summed E-state index contributed by atoms with van der Waals surface area (Å²) >= 11 is 0. The average molecular weight is 364 g/mol. The van der Waals surface area contributed by atoms with E-state index < -0.39 is 0 Å². The third kappa shape index (κ3) is 3.26. The van der Waals surface area contributed by atoms with Crippen LogP contribution < -0.4 is 10.2 Å². The van der Waals surface area contributed by atoms with Crippen LogP contribution in [0.15, 0.2) is 45.9 Å². The van der Waals surface area contributed by atoms with Crippen LogP contribution in [0.1, 0.15) is 40.1 Å². The molecule has 0 saturated heterocycles. The molecule has 0 bridgehead atoms. The summed E-state index contributed by atoms with van der Waals surface area (Å²) in [4.78, 5) is 12.2. The van der Waals surface area contributed by atoms with Crippen LogP contribution in [-0.4, -0.2) is 24.3 Å². The Labute approximate surface area is 156 Å². The van der Waals surface area contributed by atoms with Gasteiger partial charge >= 0.3 is 0 Å². The number of hydrazone groups is 1. The number of nitrogens with zero attached hydrogens (tertiary/aromatic N) is 1. The molecular formula is C21H20N2O4. The maximum Gasteiger partial charge on any atom is 0.271 e. The minimum absolute atomic E-state index is 0.110. The molecule has 0 atom stereocenters. The molecule has 1 amide bonds. The number of hydrogen-bond acceptors (Lipinski definition) is 5. The second kappa shape index (κ2) is 7.15. The van der Waals surface area contributed by atoms with E-state index in [1.54, 1.807) is 43.5 Å². The number of ether oxygens (including phenoxy) is 1. The lowest BCUT2D eigenvalue weighted by Gasteiger charge is -2.09. The maximum atomic E-state index is 12.2. The highest BCUT2D eigenvalue weighted by atomic mass is 16.5. The molecule has 2 aromatic carbocycles. The van der Waals surface area contributed by atoms with Gasteiger partial charge in [-0.3, -0.25) is 4.79 Å². The number of fused-ring (bicyclic) bond motifs is 3. The van der Waals surface area contributed by atoms with Crippen molar-refractivity contribution >= 4 is 23.1 Å². The summed E-state index contributed by atoms with van der Waals surface area (Å²) < 4.78 is 11.0. The number of carbonyl (C=O) groups excluding carboxylic acids is 1. The molecule has 1 heterocycles. The number of hydrogen-bond donors (Lipinski definition) is 2. The van der Waals surface area contributed by atoms with Gasteiger partial charge in [0.15, 0.2) is 0 Å². The van der Waals surface area contributed by atoms with Gasteiger partial charge in [0.25, 0.3) is 5.91 Å². The molecule has 0 fully saturated rings. The molecule has 6 nitrogen and oxygen atoms in total. The normalized spacial score (nSPS) is 13.7. The zero-order chi connectivity index (χ0) is 18.8. The Kier molecular flexibility index (Phi) is 4.54. The Hall–Kier alpha value is -3.28. The highest BCUT2D eigenvalue weighted by Gasteiger charge is 2.21. The van der Waals surface area contributed by atoms with Crippen LogP contribution in [0.4, 0.5) is 0 Å². The van der Waals surface area contributed by atoms with Crippen LogP contribution in [0, 0.1) is 0 Å². The van der Waals surface area contributed by atoms with Crippen LogP contribution in [0.25, 0.3) is 11.0 Å². The molecule has 1 aromatic heterocycles. The smallest absolute Gasteiger partial charge is 0.271 e. The van der Waals surface area contributed by atoms with Crippen LogP contribution in [0.3, 0.4) is 0 Å². The second-order valence-electron chi connectivity index (χ2n) is 6.51. The molecule has 3 aromatic rings. The van der Waals surface area contributed by atoms with Crippen molar-refractivity contribution in [2.75, 3.05) is 7.11 Å². The van der Waals surface area contributed by atoms with E-state index in [9.17, 15) is 9.90 Å². The first-order valence-corrected chi connectivity index (χ1v) is 8.91. The lowest BCUT2D eigenvalue weighted by atomic mass is 9.94. The van der Waals surface area contributed by atoms with Crippen molar-refractivity contribution in [3.05, 3.63) is 58.8 Å². The van der Waals surface area contributed by atoms with Gasteiger partial charge in [-0.25, -0.2) is 5.43 Å². The monoisotopic (exact) mass is 364 g/mol. The van der Waals surface area contributed by atoms with E-state index >= 15 is 0 Å². The molecule has 0 aliphatic heterocycles. The van der Waals surface area contributed by atoms with Gasteiger partial charge < -0.3 is 14.3 Å². The Morgan fingerprint density at radius 1 is 1.19 bits per heavy atom. The lowest BCUT2D eigenvalue weighted by Crippen LogP contribution is -2.17. The van der Waals surface area contributed by atoms with E-state index in [0.717, 1.165) is 48.0 Å². The van der Waals surface area contributed by atoms with Gasteiger partial charge in [0.2, 0.25) is 0 Å². The van der Waals surface area contributed by atoms with Crippen LogP contribution in [0.5, 0.6) is 11.5 Å². The van der Waals surface area contributed by atoms with Gasteiger partial charge in [-0.2, -0.15) is 5.10 Å². The summed E-state index contributed by atoms with van der Waals surface area (Å²) in [6, 6.07) is 10.1. The van der Waals surface area contributed by atoms with Crippen molar-refractivity contribution < 1.29 is 19.1 Å². The Bertz CT molecular complexity index is 1020. The molecule has 0 saturated carbocycles. The van der Waals surface area contributed by atoms with Crippen LogP contribution >= 0.6 is 0 Å². The van der Waals surface area contributed by atoms with Crippen molar-refractivity contribution in [3.63, 3.8) is 0 Å².